The van der Waals surface area contributed by atoms with E-state index in [1.807, 2.05) is 6.92 Å². The molecule has 0 spiro atoms. The largest absolute Gasteiger partial charge is 0.356 e. The van der Waals surface area contributed by atoms with Crippen LogP contribution in [0.1, 0.15) is 19.8 Å². The molecule has 2 aromatic heterocycles. The molecule has 1 aliphatic heterocycles. The van der Waals surface area contributed by atoms with Crippen molar-refractivity contribution >= 4 is 55.9 Å². The highest BCUT2D eigenvalue weighted by Crippen LogP contribution is 2.29. The number of anilines is 2. The quantitative estimate of drug-likeness (QED) is 0.547. The van der Waals surface area contributed by atoms with E-state index >= 15 is 0 Å². The Hall–Kier alpha value is -3.05. The van der Waals surface area contributed by atoms with Crippen molar-refractivity contribution in [3.63, 3.8) is 0 Å². The fourth-order valence-electron chi connectivity index (χ4n) is 3.67. The molecule has 2 amide bonds. The molecule has 4 rings (SSSR count). The van der Waals surface area contributed by atoms with Crippen LogP contribution in [0.25, 0.3) is 10.3 Å². The third kappa shape index (κ3) is 5.14. The summed E-state index contributed by atoms with van der Waals surface area (Å²) < 4.78 is 14.7. The van der Waals surface area contributed by atoms with E-state index in [0.29, 0.717) is 48.0 Å². The van der Waals surface area contributed by atoms with Crippen LogP contribution in [-0.4, -0.2) is 46.0 Å². The minimum atomic E-state index is -0.515. The van der Waals surface area contributed by atoms with Gasteiger partial charge in [0.2, 0.25) is 11.8 Å². The third-order valence-electron chi connectivity index (χ3n) is 5.38. The van der Waals surface area contributed by atoms with Gasteiger partial charge in [0.25, 0.3) is 5.56 Å². The molecule has 0 atom stereocenters. The first-order valence-electron chi connectivity index (χ1n) is 10.5. The Morgan fingerprint density at radius 1 is 1.30 bits per heavy atom. The number of nitrogens with zero attached hydrogens (tertiary/aromatic N) is 4. The van der Waals surface area contributed by atoms with Crippen LogP contribution in [-0.2, 0) is 16.1 Å². The Labute approximate surface area is 197 Å². The molecule has 0 bridgehead atoms. The second-order valence-corrected chi connectivity index (χ2v) is 9.04. The smallest absolute Gasteiger partial charge is 0.273 e. The number of hydrogen-bond acceptors (Lipinski definition) is 7. The van der Waals surface area contributed by atoms with E-state index in [2.05, 4.69) is 25.5 Å². The number of piperidine rings is 1. The van der Waals surface area contributed by atoms with Crippen LogP contribution in [0.4, 0.5) is 15.2 Å². The Balaban J connectivity index is 1.45. The van der Waals surface area contributed by atoms with Gasteiger partial charge in [0.15, 0.2) is 10.8 Å². The van der Waals surface area contributed by atoms with Gasteiger partial charge in [-0.1, -0.05) is 22.9 Å². The molecule has 174 valence electrons. The summed E-state index contributed by atoms with van der Waals surface area (Å²) in [6.45, 7) is 3.56. The molecule has 1 saturated heterocycles. The minimum Gasteiger partial charge on any atom is -0.356 e. The van der Waals surface area contributed by atoms with E-state index in [-0.39, 0.29) is 34.6 Å². The van der Waals surface area contributed by atoms with Gasteiger partial charge in [-0.15, -0.1) is 0 Å². The van der Waals surface area contributed by atoms with Crippen molar-refractivity contribution in [1.82, 2.24) is 19.9 Å². The van der Waals surface area contributed by atoms with E-state index in [4.69, 9.17) is 11.6 Å². The van der Waals surface area contributed by atoms with Crippen molar-refractivity contribution in [3.05, 3.63) is 45.7 Å². The highest BCUT2D eigenvalue weighted by Gasteiger charge is 2.26. The lowest BCUT2D eigenvalue weighted by atomic mass is 9.96. The molecule has 1 aliphatic rings. The summed E-state index contributed by atoms with van der Waals surface area (Å²) in [5, 5.41) is 6.16. The van der Waals surface area contributed by atoms with Gasteiger partial charge in [-0.05, 0) is 38.0 Å². The van der Waals surface area contributed by atoms with Crippen molar-refractivity contribution in [2.24, 2.45) is 5.92 Å². The lowest BCUT2D eigenvalue weighted by Gasteiger charge is -2.30. The van der Waals surface area contributed by atoms with Crippen molar-refractivity contribution < 1.29 is 14.0 Å². The van der Waals surface area contributed by atoms with Gasteiger partial charge >= 0.3 is 0 Å². The highest BCUT2D eigenvalue weighted by molar-refractivity contribution is 7.22. The molecule has 2 N–H and O–H groups in total. The zero-order valence-electron chi connectivity index (χ0n) is 17.8. The minimum absolute atomic E-state index is 0.0148. The van der Waals surface area contributed by atoms with Gasteiger partial charge in [0, 0.05) is 25.6 Å². The average molecular weight is 493 g/mol. The maximum Gasteiger partial charge on any atom is 0.273 e. The molecule has 33 heavy (non-hydrogen) atoms. The molecular weight excluding hydrogens is 471 g/mol. The number of halogens is 2. The number of carbonyl (C=O) groups excluding carboxylic acids is 2. The Morgan fingerprint density at radius 2 is 2.06 bits per heavy atom. The molecule has 9 nitrogen and oxygen atoms in total. The first-order chi connectivity index (χ1) is 15.9. The fourth-order valence-corrected chi connectivity index (χ4v) is 4.90. The number of amides is 2. The maximum atomic E-state index is 13.2. The van der Waals surface area contributed by atoms with Gasteiger partial charge < -0.3 is 15.5 Å². The normalized spacial score (nSPS) is 14.5. The molecule has 0 saturated carbocycles. The molecule has 0 radical (unpaired) electrons. The predicted octanol–water partition coefficient (Wildman–Crippen LogP) is 2.64. The second-order valence-electron chi connectivity index (χ2n) is 7.66. The van der Waals surface area contributed by atoms with Gasteiger partial charge in [-0.25, -0.2) is 9.37 Å². The van der Waals surface area contributed by atoms with Crippen molar-refractivity contribution in [2.75, 3.05) is 29.9 Å². The van der Waals surface area contributed by atoms with Crippen molar-refractivity contribution in [2.45, 2.75) is 26.3 Å². The Morgan fingerprint density at radius 3 is 2.76 bits per heavy atom. The molecular formula is C21H22ClFN6O3S. The molecule has 0 aliphatic carbocycles. The first-order valence-corrected chi connectivity index (χ1v) is 11.7. The van der Waals surface area contributed by atoms with Crippen LogP contribution in [0.5, 0.6) is 0 Å². The number of rotatable bonds is 6. The number of fused-ring (bicyclic) bond motifs is 1. The third-order valence-corrected chi connectivity index (χ3v) is 6.79. The zero-order valence-corrected chi connectivity index (χ0v) is 19.4. The van der Waals surface area contributed by atoms with E-state index in [9.17, 15) is 18.8 Å². The number of carbonyl (C=O) groups is 2. The standard InChI is InChI=1S/C21H22ClFN6O3S/c1-2-24-19(31)12-5-7-28(8-6-12)21-27-18-17(33-21)20(32)29(11-25-18)10-16(30)26-15-4-3-13(23)9-14(15)22/h3-4,9,11-12H,2,5-8,10H2,1H3,(H,24,31)(H,26,30). The van der Waals surface area contributed by atoms with Crippen LogP contribution >= 0.6 is 22.9 Å². The highest BCUT2D eigenvalue weighted by atomic mass is 35.5. The van der Waals surface area contributed by atoms with Gasteiger partial charge in [0.1, 0.15) is 23.4 Å². The molecule has 3 aromatic rings. The van der Waals surface area contributed by atoms with Crippen LogP contribution < -0.4 is 21.1 Å². The average Bonchev–Trinajstić information content (AvgIpc) is 3.23. The van der Waals surface area contributed by atoms with E-state index in [1.165, 1.54) is 34.4 Å². The lowest BCUT2D eigenvalue weighted by Crippen LogP contribution is -2.40. The summed E-state index contributed by atoms with van der Waals surface area (Å²) in [7, 11) is 0. The van der Waals surface area contributed by atoms with Crippen molar-refractivity contribution in [1.29, 1.82) is 0 Å². The monoisotopic (exact) mass is 492 g/mol. The molecule has 3 heterocycles. The van der Waals surface area contributed by atoms with Gasteiger partial charge in [0.05, 0.1) is 10.7 Å². The van der Waals surface area contributed by atoms with Crippen LogP contribution in [0.2, 0.25) is 5.02 Å². The number of nitrogens with one attached hydrogen (secondary N) is 2. The maximum absolute atomic E-state index is 13.2. The number of aromatic nitrogens is 3. The number of hydrogen-bond donors (Lipinski definition) is 2. The summed E-state index contributed by atoms with van der Waals surface area (Å²) >= 11 is 7.16. The van der Waals surface area contributed by atoms with Crippen LogP contribution in [0.3, 0.4) is 0 Å². The number of thiazole rings is 1. The van der Waals surface area contributed by atoms with Gasteiger partial charge in [-0.2, -0.15) is 4.98 Å². The van der Waals surface area contributed by atoms with E-state index in [0.717, 1.165) is 6.07 Å². The van der Waals surface area contributed by atoms with Gasteiger partial charge in [-0.3, -0.25) is 19.0 Å². The topological polar surface area (TPSA) is 109 Å². The van der Waals surface area contributed by atoms with E-state index in [1.54, 1.807) is 0 Å². The van der Waals surface area contributed by atoms with Crippen LogP contribution in [0.15, 0.2) is 29.3 Å². The van der Waals surface area contributed by atoms with Crippen LogP contribution in [0, 0.1) is 11.7 Å². The second kappa shape index (κ2) is 9.84. The molecule has 12 heteroatoms. The van der Waals surface area contributed by atoms with E-state index < -0.39 is 11.7 Å². The summed E-state index contributed by atoms with van der Waals surface area (Å²) in [4.78, 5) is 48.1. The predicted molar refractivity (Wildman–Crippen MR) is 125 cm³/mol. The zero-order chi connectivity index (χ0) is 23.5. The SMILES string of the molecule is CCNC(=O)C1CCN(c2nc3ncn(CC(=O)Nc4ccc(F)cc4Cl)c(=O)c3s2)CC1. The lowest BCUT2D eigenvalue weighted by molar-refractivity contribution is -0.125. The summed E-state index contributed by atoms with van der Waals surface area (Å²) in [5.74, 6) is -0.951. The molecule has 0 unspecified atom stereocenters. The molecule has 1 aromatic carbocycles. The fraction of sp³-hybridized carbons (Fsp3) is 0.381. The molecule has 1 fully saturated rings. The number of benzene rings is 1. The first kappa shape index (κ1) is 23.1. The van der Waals surface area contributed by atoms with Crippen molar-refractivity contribution in [3.8, 4) is 0 Å². The Bertz CT molecular complexity index is 1250. The summed E-state index contributed by atoms with van der Waals surface area (Å²) in [6, 6.07) is 3.62. The summed E-state index contributed by atoms with van der Waals surface area (Å²) in [5.41, 5.74) is 0.201. The summed E-state index contributed by atoms with van der Waals surface area (Å²) in [6.07, 6.45) is 2.71. The Kier molecular flexibility index (Phi) is 6.89.